The van der Waals surface area contributed by atoms with E-state index in [1.165, 1.54) is 0 Å². The minimum atomic E-state index is -0.578. The zero-order valence-electron chi connectivity index (χ0n) is 15.0. The maximum Gasteiger partial charge on any atom is 0.408 e. The van der Waals surface area contributed by atoms with Crippen molar-refractivity contribution in [2.45, 2.75) is 73.1 Å². The lowest BCUT2D eigenvalue weighted by molar-refractivity contribution is -0.135. The molecule has 0 fully saturated rings. The maximum absolute atomic E-state index is 12.6. The molecule has 0 rings (SSSR count). The molecule has 2 unspecified atom stereocenters. The van der Waals surface area contributed by atoms with Crippen LogP contribution in [-0.4, -0.2) is 41.6 Å². The molecule has 0 spiro atoms. The summed E-state index contributed by atoms with van der Waals surface area (Å²) in [6.45, 7) is 15.4. The Hall–Kier alpha value is -1.26. The smallest absolute Gasteiger partial charge is 0.408 e. The van der Waals surface area contributed by atoms with Gasteiger partial charge < -0.3 is 15.0 Å². The highest BCUT2D eigenvalue weighted by Crippen LogP contribution is 2.14. The summed E-state index contributed by atoms with van der Waals surface area (Å²) in [5.41, 5.74) is -0.578. The number of carbonyl (C=O) groups is 2. The molecule has 0 aliphatic heterocycles. The molecule has 0 aromatic heterocycles. The molecule has 0 heterocycles. The van der Waals surface area contributed by atoms with E-state index in [9.17, 15) is 9.59 Å². The summed E-state index contributed by atoms with van der Waals surface area (Å²) in [7, 11) is 1.78. The average Bonchev–Trinajstić information content (AvgIpc) is 2.30. The molecule has 0 aliphatic carbocycles. The van der Waals surface area contributed by atoms with Gasteiger partial charge in [-0.1, -0.05) is 27.7 Å². The monoisotopic (exact) mass is 300 g/mol. The topological polar surface area (TPSA) is 58.6 Å². The van der Waals surface area contributed by atoms with Crippen molar-refractivity contribution in [1.82, 2.24) is 10.2 Å². The van der Waals surface area contributed by atoms with Gasteiger partial charge in [-0.25, -0.2) is 4.79 Å². The first-order valence-electron chi connectivity index (χ1n) is 7.63. The van der Waals surface area contributed by atoms with E-state index in [-0.39, 0.29) is 17.9 Å². The highest BCUT2D eigenvalue weighted by molar-refractivity contribution is 5.86. The Bertz CT molecular complexity index is 359. The Balaban J connectivity index is 4.91. The fourth-order valence-electron chi connectivity index (χ4n) is 1.82. The van der Waals surface area contributed by atoms with Crippen LogP contribution in [0.1, 0.15) is 55.4 Å². The van der Waals surface area contributed by atoms with E-state index in [2.05, 4.69) is 19.2 Å². The van der Waals surface area contributed by atoms with Crippen LogP contribution in [0.4, 0.5) is 4.79 Å². The van der Waals surface area contributed by atoms with E-state index in [0.717, 1.165) is 0 Å². The lowest BCUT2D eigenvalue weighted by Gasteiger charge is -2.33. The van der Waals surface area contributed by atoms with Gasteiger partial charge in [0.25, 0.3) is 0 Å². The Morgan fingerprint density at radius 2 is 1.48 bits per heavy atom. The van der Waals surface area contributed by atoms with Gasteiger partial charge in [-0.05, 0) is 39.5 Å². The van der Waals surface area contributed by atoms with Gasteiger partial charge in [0, 0.05) is 13.1 Å². The Morgan fingerprint density at radius 1 is 1.00 bits per heavy atom. The van der Waals surface area contributed by atoms with Crippen molar-refractivity contribution in [3.05, 3.63) is 0 Å². The Kier molecular flexibility index (Phi) is 7.20. The first kappa shape index (κ1) is 19.7. The molecule has 5 nitrogen and oxygen atoms in total. The van der Waals surface area contributed by atoms with E-state index in [4.69, 9.17) is 4.74 Å². The molecule has 0 radical (unpaired) electrons. The van der Waals surface area contributed by atoms with Crippen molar-refractivity contribution in [2.75, 3.05) is 7.05 Å². The van der Waals surface area contributed by atoms with Gasteiger partial charge in [-0.3, -0.25) is 4.79 Å². The molecule has 0 saturated carbocycles. The lowest BCUT2D eigenvalue weighted by atomic mass is 10.00. The third-order valence-corrected chi connectivity index (χ3v) is 3.53. The van der Waals surface area contributed by atoms with Crippen LogP contribution in [0, 0.1) is 11.8 Å². The van der Waals surface area contributed by atoms with Crippen LogP contribution in [0.15, 0.2) is 0 Å². The fraction of sp³-hybridized carbons (Fsp3) is 0.875. The molecule has 0 aromatic carbocycles. The molecule has 2 atom stereocenters. The van der Waals surface area contributed by atoms with Crippen LogP contribution in [0.2, 0.25) is 0 Å². The van der Waals surface area contributed by atoms with Crippen LogP contribution < -0.4 is 5.32 Å². The number of amides is 2. The van der Waals surface area contributed by atoms with Gasteiger partial charge in [0.2, 0.25) is 5.91 Å². The predicted molar refractivity (Wildman–Crippen MR) is 85.1 cm³/mol. The first-order chi connectivity index (χ1) is 9.36. The minimum absolute atomic E-state index is 0.00756. The second-order valence-corrected chi connectivity index (χ2v) is 7.30. The van der Waals surface area contributed by atoms with Crippen molar-refractivity contribution in [1.29, 1.82) is 0 Å². The quantitative estimate of drug-likeness (QED) is 0.849. The van der Waals surface area contributed by atoms with Crippen molar-refractivity contribution < 1.29 is 14.3 Å². The normalized spacial score (nSPS) is 14.8. The summed E-state index contributed by atoms with van der Waals surface area (Å²) in [6, 6.07) is -0.467. The first-order valence-corrected chi connectivity index (χ1v) is 7.63. The third-order valence-electron chi connectivity index (χ3n) is 3.53. The highest BCUT2D eigenvalue weighted by Gasteiger charge is 2.31. The van der Waals surface area contributed by atoms with Gasteiger partial charge >= 0.3 is 6.09 Å². The standard InChI is InChI=1S/C16H32N2O3/c1-10(2)12(5)18(9)14(19)13(11(3)4)17-15(20)21-16(6,7)8/h10-13H,1-9H3,(H,17,20). The van der Waals surface area contributed by atoms with Gasteiger partial charge in [0.1, 0.15) is 11.6 Å². The largest absolute Gasteiger partial charge is 0.444 e. The van der Waals surface area contributed by atoms with E-state index < -0.39 is 17.7 Å². The molecule has 1 N–H and O–H groups in total. The Morgan fingerprint density at radius 3 is 1.81 bits per heavy atom. The number of nitrogens with one attached hydrogen (secondary N) is 1. The average molecular weight is 300 g/mol. The molecular weight excluding hydrogens is 268 g/mol. The van der Waals surface area contributed by atoms with Gasteiger partial charge in [-0.2, -0.15) is 0 Å². The van der Waals surface area contributed by atoms with E-state index in [0.29, 0.717) is 5.92 Å². The van der Waals surface area contributed by atoms with Crippen LogP contribution in [-0.2, 0) is 9.53 Å². The van der Waals surface area contributed by atoms with Crippen molar-refractivity contribution in [2.24, 2.45) is 11.8 Å². The molecule has 5 heteroatoms. The summed E-state index contributed by atoms with van der Waals surface area (Å²) >= 11 is 0. The number of likely N-dealkylation sites (N-methyl/N-ethyl adjacent to an activating group) is 1. The molecule has 124 valence electrons. The summed E-state index contributed by atoms with van der Waals surface area (Å²) in [5, 5.41) is 2.70. The highest BCUT2D eigenvalue weighted by atomic mass is 16.6. The molecule has 2 amide bonds. The summed E-state index contributed by atoms with van der Waals surface area (Å²) < 4.78 is 5.24. The minimum Gasteiger partial charge on any atom is -0.444 e. The summed E-state index contributed by atoms with van der Waals surface area (Å²) in [6.07, 6.45) is -0.555. The summed E-state index contributed by atoms with van der Waals surface area (Å²) in [4.78, 5) is 26.2. The SMILES string of the molecule is CC(C)C(NC(=O)OC(C)(C)C)C(=O)N(C)C(C)C(C)C. The number of hydrogen-bond donors (Lipinski definition) is 1. The Labute approximate surface area is 129 Å². The van der Waals surface area contributed by atoms with Crippen molar-refractivity contribution in [3.63, 3.8) is 0 Å². The second kappa shape index (κ2) is 7.66. The van der Waals surface area contributed by atoms with Gasteiger partial charge in [-0.15, -0.1) is 0 Å². The zero-order valence-corrected chi connectivity index (χ0v) is 15.0. The van der Waals surface area contributed by atoms with Crippen molar-refractivity contribution >= 4 is 12.0 Å². The molecule has 21 heavy (non-hydrogen) atoms. The number of rotatable bonds is 5. The van der Waals surface area contributed by atoms with Crippen LogP contribution >= 0.6 is 0 Å². The number of hydrogen-bond acceptors (Lipinski definition) is 3. The van der Waals surface area contributed by atoms with Crippen LogP contribution in [0.25, 0.3) is 0 Å². The number of ether oxygens (including phenoxy) is 1. The van der Waals surface area contributed by atoms with E-state index in [1.807, 2.05) is 20.8 Å². The van der Waals surface area contributed by atoms with Crippen molar-refractivity contribution in [3.8, 4) is 0 Å². The molecule has 0 aromatic rings. The van der Waals surface area contributed by atoms with Crippen LogP contribution in [0.5, 0.6) is 0 Å². The van der Waals surface area contributed by atoms with E-state index >= 15 is 0 Å². The van der Waals surface area contributed by atoms with Crippen LogP contribution in [0.3, 0.4) is 0 Å². The van der Waals surface area contributed by atoms with E-state index in [1.54, 1.807) is 32.7 Å². The lowest BCUT2D eigenvalue weighted by Crippen LogP contribution is -2.53. The van der Waals surface area contributed by atoms with Gasteiger partial charge in [0.15, 0.2) is 0 Å². The predicted octanol–water partition coefficient (Wildman–Crippen LogP) is 3.04. The van der Waals surface area contributed by atoms with Gasteiger partial charge in [0.05, 0.1) is 0 Å². The number of nitrogens with zero attached hydrogens (tertiary/aromatic N) is 1. The number of alkyl carbamates (subject to hydrolysis) is 1. The summed E-state index contributed by atoms with van der Waals surface area (Å²) in [5.74, 6) is 0.261. The maximum atomic E-state index is 12.6. The molecule has 0 bridgehead atoms. The third kappa shape index (κ3) is 6.82. The zero-order chi connectivity index (χ0) is 17.0. The molecular formula is C16H32N2O3. The molecule has 0 saturated heterocycles. The fourth-order valence-corrected chi connectivity index (χ4v) is 1.82. The number of carbonyl (C=O) groups excluding carboxylic acids is 2. The molecule has 0 aliphatic rings. The second-order valence-electron chi connectivity index (χ2n) is 7.30.